The van der Waals surface area contributed by atoms with Crippen LogP contribution in [0.5, 0.6) is 0 Å². The van der Waals surface area contributed by atoms with Gasteiger partial charge in [0, 0.05) is 0 Å². The zero-order valence-electron chi connectivity index (χ0n) is 14.1. The summed E-state index contributed by atoms with van der Waals surface area (Å²) in [5.74, 6) is -1.09. The Hall–Kier alpha value is -1.74. The Morgan fingerprint density at radius 2 is 1.74 bits per heavy atom. The number of carbonyl (C=O) groups is 2. The highest BCUT2D eigenvalue weighted by atomic mass is 16.5. The summed E-state index contributed by atoms with van der Waals surface area (Å²) in [5, 5.41) is 0. The fraction of sp³-hybridized carbons (Fsp3) is 0.500. The number of Topliss-reactive ketones (excluding diaryl/α,β-unsaturated/α-hetero) is 2. The summed E-state index contributed by atoms with van der Waals surface area (Å²) in [6, 6.07) is 4.13. The number of ketones is 2. The van der Waals surface area contributed by atoms with E-state index in [0.29, 0.717) is 0 Å². The number of benzene rings is 1. The van der Waals surface area contributed by atoms with E-state index < -0.39 is 11.5 Å². The summed E-state index contributed by atoms with van der Waals surface area (Å²) < 4.78 is 6.03. The van der Waals surface area contributed by atoms with Gasteiger partial charge in [0.25, 0.3) is 0 Å². The van der Waals surface area contributed by atoms with Crippen molar-refractivity contribution >= 4 is 11.6 Å². The molecule has 2 aliphatic heterocycles. The van der Waals surface area contributed by atoms with E-state index in [4.69, 9.17) is 4.74 Å². The topological polar surface area (TPSA) is 43.4 Å². The molecule has 23 heavy (non-hydrogen) atoms. The van der Waals surface area contributed by atoms with Gasteiger partial charge in [-0.15, -0.1) is 0 Å². The van der Waals surface area contributed by atoms with E-state index in [2.05, 4.69) is 12.1 Å². The van der Waals surface area contributed by atoms with Crippen LogP contribution in [0, 0.1) is 32.6 Å². The van der Waals surface area contributed by atoms with Crippen molar-refractivity contribution in [3.05, 3.63) is 46.5 Å². The molecule has 1 aromatic carbocycles. The van der Waals surface area contributed by atoms with Gasteiger partial charge in [0.2, 0.25) is 0 Å². The summed E-state index contributed by atoms with van der Waals surface area (Å²) >= 11 is 0. The quantitative estimate of drug-likeness (QED) is 0.622. The molecule has 2 bridgehead atoms. The lowest BCUT2D eigenvalue weighted by molar-refractivity contribution is -0.129. The van der Waals surface area contributed by atoms with Gasteiger partial charge in [0.05, 0.1) is 23.5 Å². The average Bonchev–Trinajstić information content (AvgIpc) is 3.12. The highest BCUT2D eigenvalue weighted by molar-refractivity contribution is 6.17. The van der Waals surface area contributed by atoms with Gasteiger partial charge in [-0.2, -0.15) is 0 Å². The van der Waals surface area contributed by atoms with Crippen molar-refractivity contribution in [2.24, 2.45) is 11.8 Å². The number of hydrogen-bond acceptors (Lipinski definition) is 3. The van der Waals surface area contributed by atoms with Crippen molar-refractivity contribution in [1.82, 2.24) is 0 Å². The molecule has 1 aromatic rings. The van der Waals surface area contributed by atoms with Gasteiger partial charge in [0.1, 0.15) is 5.92 Å². The lowest BCUT2D eigenvalue weighted by Gasteiger charge is -2.27. The van der Waals surface area contributed by atoms with E-state index in [1.165, 1.54) is 0 Å². The Bertz CT molecular complexity index is 737. The molecule has 4 rings (SSSR count). The molecular weight excluding hydrogens is 288 g/mol. The van der Waals surface area contributed by atoms with Crippen molar-refractivity contribution in [1.29, 1.82) is 0 Å². The van der Waals surface area contributed by atoms with Gasteiger partial charge < -0.3 is 4.74 Å². The molecule has 0 aromatic heterocycles. The lowest BCUT2D eigenvalue weighted by atomic mass is 9.75. The van der Waals surface area contributed by atoms with Crippen molar-refractivity contribution in [3.63, 3.8) is 0 Å². The maximum atomic E-state index is 13.2. The first kappa shape index (κ1) is 14.8. The third-order valence-corrected chi connectivity index (χ3v) is 5.95. The minimum Gasteiger partial charge on any atom is -0.362 e. The number of aryl methyl sites for hydroxylation is 3. The van der Waals surface area contributed by atoms with Crippen molar-refractivity contribution < 1.29 is 14.3 Å². The molecular formula is C20H22O3. The molecule has 1 unspecified atom stereocenters. The van der Waals surface area contributed by atoms with Crippen LogP contribution in [0.25, 0.3) is 0 Å². The lowest BCUT2D eigenvalue weighted by Crippen LogP contribution is -2.37. The number of rotatable bonds is 2. The summed E-state index contributed by atoms with van der Waals surface area (Å²) in [7, 11) is 0. The number of fused-ring (bicyclic) bond motifs is 5. The smallest absolute Gasteiger partial charge is 0.154 e. The van der Waals surface area contributed by atoms with Crippen LogP contribution in [0.2, 0.25) is 0 Å². The molecule has 3 nitrogen and oxygen atoms in total. The number of hydrogen-bond donors (Lipinski definition) is 0. The molecule has 120 valence electrons. The molecule has 2 fully saturated rings. The van der Waals surface area contributed by atoms with Crippen LogP contribution in [0.15, 0.2) is 24.3 Å². The zero-order valence-corrected chi connectivity index (χ0v) is 14.1. The third kappa shape index (κ3) is 1.74. The maximum Gasteiger partial charge on any atom is 0.154 e. The SMILES string of the molecule is CC[C@]12C=C[C@H](O1)[C@@H]1C(=O)C(c3c(C)cc(C)cc3C)C(=O)[C@@H]12. The van der Waals surface area contributed by atoms with E-state index >= 15 is 0 Å². The molecule has 1 saturated carbocycles. The van der Waals surface area contributed by atoms with E-state index in [9.17, 15) is 9.59 Å². The van der Waals surface area contributed by atoms with Crippen molar-refractivity contribution in [2.75, 3.05) is 0 Å². The second kappa shape index (κ2) is 4.64. The highest BCUT2D eigenvalue weighted by Crippen LogP contribution is 2.56. The first-order chi connectivity index (χ1) is 10.9. The van der Waals surface area contributed by atoms with Crippen LogP contribution in [-0.4, -0.2) is 23.3 Å². The van der Waals surface area contributed by atoms with E-state index in [0.717, 1.165) is 28.7 Å². The normalized spacial score (nSPS) is 37.7. The van der Waals surface area contributed by atoms with Crippen LogP contribution in [0.3, 0.4) is 0 Å². The molecule has 3 aliphatic rings. The van der Waals surface area contributed by atoms with Crippen LogP contribution in [0.1, 0.15) is 41.5 Å². The molecule has 0 amide bonds. The average molecular weight is 310 g/mol. The second-order valence-corrected chi connectivity index (χ2v) is 7.30. The molecule has 1 aliphatic carbocycles. The van der Waals surface area contributed by atoms with E-state index in [1.54, 1.807) is 0 Å². The van der Waals surface area contributed by atoms with Crippen LogP contribution < -0.4 is 0 Å². The Kier molecular flexibility index (Phi) is 2.99. The molecule has 0 N–H and O–H groups in total. The monoisotopic (exact) mass is 310 g/mol. The van der Waals surface area contributed by atoms with Gasteiger partial charge in [0.15, 0.2) is 11.6 Å². The van der Waals surface area contributed by atoms with Gasteiger partial charge >= 0.3 is 0 Å². The van der Waals surface area contributed by atoms with Gasteiger partial charge in [-0.25, -0.2) is 0 Å². The molecule has 5 atom stereocenters. The first-order valence-electron chi connectivity index (χ1n) is 8.42. The summed E-state index contributed by atoms with van der Waals surface area (Å²) in [6.45, 7) is 8.08. The standard InChI is InChI=1S/C20H22O3/c1-5-20-7-6-13(23-20)15-17(20)19(22)16(18(15)21)14-11(3)8-10(2)9-12(14)4/h6-9,13,15-17H,5H2,1-4H3/t13-,15-,16?,17+,20+/m0/s1. The first-order valence-corrected chi connectivity index (χ1v) is 8.42. The van der Waals surface area contributed by atoms with Crippen LogP contribution in [0.4, 0.5) is 0 Å². The predicted molar refractivity (Wildman–Crippen MR) is 87.4 cm³/mol. The van der Waals surface area contributed by atoms with Crippen LogP contribution >= 0.6 is 0 Å². The summed E-state index contributed by atoms with van der Waals surface area (Å²) in [4.78, 5) is 26.3. The summed E-state index contributed by atoms with van der Waals surface area (Å²) in [5.41, 5.74) is 3.62. The Morgan fingerprint density at radius 1 is 1.09 bits per heavy atom. The van der Waals surface area contributed by atoms with E-state index in [-0.39, 0.29) is 29.5 Å². The van der Waals surface area contributed by atoms with Gasteiger partial charge in [-0.05, 0) is 43.9 Å². The largest absolute Gasteiger partial charge is 0.362 e. The molecule has 3 heteroatoms. The maximum absolute atomic E-state index is 13.2. The predicted octanol–water partition coefficient (Wildman–Crippen LogP) is 3.20. The Morgan fingerprint density at radius 3 is 2.35 bits per heavy atom. The molecule has 2 heterocycles. The number of ether oxygens (including phenoxy) is 1. The van der Waals surface area contributed by atoms with Crippen molar-refractivity contribution in [2.45, 2.75) is 51.7 Å². The third-order valence-electron chi connectivity index (χ3n) is 5.95. The minimum atomic E-state index is -0.608. The fourth-order valence-electron chi connectivity index (χ4n) is 5.06. The highest BCUT2D eigenvalue weighted by Gasteiger charge is 2.67. The fourth-order valence-corrected chi connectivity index (χ4v) is 5.06. The van der Waals surface area contributed by atoms with Crippen molar-refractivity contribution in [3.8, 4) is 0 Å². The molecule has 0 radical (unpaired) electrons. The second-order valence-electron chi connectivity index (χ2n) is 7.30. The van der Waals surface area contributed by atoms with Gasteiger partial charge in [-0.1, -0.05) is 36.8 Å². The van der Waals surface area contributed by atoms with Gasteiger partial charge in [-0.3, -0.25) is 9.59 Å². The summed E-state index contributed by atoms with van der Waals surface area (Å²) in [6.07, 6.45) is 4.51. The molecule has 1 saturated heterocycles. The van der Waals surface area contributed by atoms with Crippen LogP contribution in [-0.2, 0) is 14.3 Å². The Balaban J connectivity index is 1.83. The van der Waals surface area contributed by atoms with E-state index in [1.807, 2.05) is 39.8 Å². The molecule has 0 spiro atoms. The zero-order chi connectivity index (χ0) is 16.5. The minimum absolute atomic E-state index is 0.0553. The number of carbonyl (C=O) groups excluding carboxylic acids is 2. The Labute approximate surface area is 136 Å².